The monoisotopic (exact) mass is 390 g/mol. The average molecular weight is 390 g/mol. The number of morpholine rings is 1. The number of benzene rings is 1. The molecular weight excluding hydrogens is 364 g/mol. The summed E-state index contributed by atoms with van der Waals surface area (Å²) in [5.74, 6) is 1.31. The molecule has 0 bridgehead atoms. The van der Waals surface area contributed by atoms with Crippen molar-refractivity contribution in [3.63, 3.8) is 0 Å². The van der Waals surface area contributed by atoms with Crippen LogP contribution >= 0.6 is 0 Å². The number of rotatable bonds is 6. The number of aromatic nitrogens is 2. The van der Waals surface area contributed by atoms with E-state index >= 15 is 0 Å². The van der Waals surface area contributed by atoms with Gasteiger partial charge in [0.25, 0.3) is 0 Å². The molecule has 4 rings (SSSR count). The Morgan fingerprint density at radius 2 is 1.90 bits per heavy atom. The minimum absolute atomic E-state index is 0.430. The molecule has 2 N–H and O–H groups in total. The summed E-state index contributed by atoms with van der Waals surface area (Å²) in [6.07, 6.45) is 9.74. The molecule has 150 valence electrons. The lowest BCUT2D eigenvalue weighted by Crippen LogP contribution is -2.36. The Kier molecular flexibility index (Phi) is 6.22. The van der Waals surface area contributed by atoms with Gasteiger partial charge >= 0.3 is 0 Å². The Labute approximate surface area is 171 Å². The molecular formula is C22H26N6O. The number of nitrogens with one attached hydrogen (secondary N) is 2. The fourth-order valence-corrected chi connectivity index (χ4v) is 3.79. The molecule has 2 heterocycles. The molecule has 29 heavy (non-hydrogen) atoms. The smallest absolute Gasteiger partial charge is 0.229 e. The highest BCUT2D eigenvalue weighted by Gasteiger charge is 2.17. The van der Waals surface area contributed by atoms with Crippen molar-refractivity contribution in [3.05, 3.63) is 42.1 Å². The largest absolute Gasteiger partial charge is 0.378 e. The summed E-state index contributed by atoms with van der Waals surface area (Å²) < 4.78 is 5.42. The van der Waals surface area contributed by atoms with Gasteiger partial charge < -0.3 is 20.3 Å². The molecule has 0 amide bonds. The van der Waals surface area contributed by atoms with E-state index in [4.69, 9.17) is 10.00 Å². The van der Waals surface area contributed by atoms with Gasteiger partial charge in [0, 0.05) is 48.3 Å². The van der Waals surface area contributed by atoms with E-state index in [0.29, 0.717) is 12.0 Å². The maximum absolute atomic E-state index is 8.85. The number of hydrogen-bond donors (Lipinski definition) is 2. The summed E-state index contributed by atoms with van der Waals surface area (Å²) in [7, 11) is 0. The number of nitriles is 1. The van der Waals surface area contributed by atoms with Crippen LogP contribution in [0.2, 0.25) is 0 Å². The van der Waals surface area contributed by atoms with E-state index in [9.17, 15) is 0 Å². The minimum Gasteiger partial charge on any atom is -0.378 e. The summed E-state index contributed by atoms with van der Waals surface area (Å²) >= 11 is 0. The quantitative estimate of drug-likeness (QED) is 0.722. The topological polar surface area (TPSA) is 86.1 Å². The lowest BCUT2D eigenvalue weighted by molar-refractivity contribution is 0.122. The van der Waals surface area contributed by atoms with Crippen LogP contribution in [0, 0.1) is 11.3 Å². The van der Waals surface area contributed by atoms with Crippen LogP contribution in [0.5, 0.6) is 0 Å². The molecule has 0 atom stereocenters. The second kappa shape index (κ2) is 9.39. The molecule has 1 aliphatic carbocycles. The minimum atomic E-state index is 0.430. The Morgan fingerprint density at radius 1 is 1.14 bits per heavy atom. The van der Waals surface area contributed by atoms with Crippen molar-refractivity contribution in [1.82, 2.24) is 9.97 Å². The van der Waals surface area contributed by atoms with E-state index < -0.39 is 0 Å². The Hall–Kier alpha value is -3.11. The second-order valence-corrected chi connectivity index (χ2v) is 7.36. The van der Waals surface area contributed by atoms with Crippen LogP contribution < -0.4 is 15.5 Å². The van der Waals surface area contributed by atoms with Gasteiger partial charge in [0.2, 0.25) is 5.95 Å². The van der Waals surface area contributed by atoms with E-state index in [1.54, 1.807) is 12.3 Å². The normalized spacial score (nSPS) is 17.4. The standard InChI is InChI=1S/C22H26N6O/c23-11-3-4-17-16-24-22(27-21(17)25-18-5-1-2-6-18)26-19-7-9-20(10-8-19)28-12-14-29-15-13-28/h3-4,7-10,16,18H,1-2,5-6,12-15H2,(H2,24,25,26,27). The molecule has 0 unspecified atom stereocenters. The van der Waals surface area contributed by atoms with Crippen molar-refractivity contribution in [2.45, 2.75) is 31.7 Å². The van der Waals surface area contributed by atoms with E-state index in [1.807, 2.05) is 18.2 Å². The zero-order valence-corrected chi connectivity index (χ0v) is 16.5. The Bertz CT molecular complexity index is 877. The van der Waals surface area contributed by atoms with Gasteiger partial charge in [-0.2, -0.15) is 10.2 Å². The molecule has 1 saturated carbocycles. The molecule has 1 aliphatic heterocycles. The molecule has 2 aromatic rings. The van der Waals surface area contributed by atoms with Crippen LogP contribution in [0.25, 0.3) is 6.08 Å². The van der Waals surface area contributed by atoms with Crippen molar-refractivity contribution in [3.8, 4) is 6.07 Å². The van der Waals surface area contributed by atoms with Crippen molar-refractivity contribution >= 4 is 29.2 Å². The lowest BCUT2D eigenvalue weighted by atomic mass is 10.2. The van der Waals surface area contributed by atoms with E-state index in [0.717, 1.165) is 56.2 Å². The highest BCUT2D eigenvalue weighted by atomic mass is 16.5. The third kappa shape index (κ3) is 5.04. The first-order chi connectivity index (χ1) is 14.3. The number of ether oxygens (including phenoxy) is 1. The first-order valence-corrected chi connectivity index (χ1v) is 10.2. The van der Waals surface area contributed by atoms with Gasteiger partial charge in [-0.15, -0.1) is 0 Å². The van der Waals surface area contributed by atoms with Crippen LogP contribution in [0.1, 0.15) is 31.2 Å². The molecule has 2 aliphatic rings. The first kappa shape index (κ1) is 19.2. The maximum atomic E-state index is 8.85. The second-order valence-electron chi connectivity index (χ2n) is 7.36. The molecule has 0 spiro atoms. The lowest BCUT2D eigenvalue weighted by Gasteiger charge is -2.28. The third-order valence-corrected chi connectivity index (χ3v) is 5.35. The molecule has 1 aromatic carbocycles. The van der Waals surface area contributed by atoms with Gasteiger partial charge in [0.1, 0.15) is 5.82 Å². The van der Waals surface area contributed by atoms with E-state index in [-0.39, 0.29) is 0 Å². The van der Waals surface area contributed by atoms with Crippen LogP contribution in [0.3, 0.4) is 0 Å². The summed E-state index contributed by atoms with van der Waals surface area (Å²) in [6, 6.07) is 10.8. The van der Waals surface area contributed by atoms with Crippen molar-refractivity contribution in [2.75, 3.05) is 41.8 Å². The Balaban J connectivity index is 1.48. The fraction of sp³-hybridized carbons (Fsp3) is 0.409. The summed E-state index contributed by atoms with van der Waals surface area (Å²) in [6.45, 7) is 3.39. The molecule has 1 aromatic heterocycles. The number of anilines is 4. The highest BCUT2D eigenvalue weighted by Crippen LogP contribution is 2.26. The van der Waals surface area contributed by atoms with Crippen LogP contribution in [-0.2, 0) is 4.74 Å². The van der Waals surface area contributed by atoms with Gasteiger partial charge in [-0.05, 0) is 43.2 Å². The summed E-state index contributed by atoms with van der Waals surface area (Å²) in [5, 5.41) is 15.7. The van der Waals surface area contributed by atoms with Crippen molar-refractivity contribution in [1.29, 1.82) is 5.26 Å². The Morgan fingerprint density at radius 3 is 2.62 bits per heavy atom. The predicted molar refractivity (Wildman–Crippen MR) is 115 cm³/mol. The van der Waals surface area contributed by atoms with Gasteiger partial charge in [0.15, 0.2) is 0 Å². The molecule has 1 saturated heterocycles. The maximum Gasteiger partial charge on any atom is 0.229 e. The van der Waals surface area contributed by atoms with Crippen LogP contribution in [0.15, 0.2) is 36.5 Å². The fourth-order valence-electron chi connectivity index (χ4n) is 3.79. The number of nitrogens with zero attached hydrogens (tertiary/aromatic N) is 4. The summed E-state index contributed by atoms with van der Waals surface area (Å²) in [4.78, 5) is 11.4. The SMILES string of the molecule is N#CC=Cc1cnc(Nc2ccc(N3CCOCC3)cc2)nc1NC1CCCC1. The zero-order chi connectivity index (χ0) is 19.9. The zero-order valence-electron chi connectivity index (χ0n) is 16.5. The average Bonchev–Trinajstić information content (AvgIpc) is 3.27. The van der Waals surface area contributed by atoms with Crippen LogP contribution in [0.4, 0.5) is 23.1 Å². The first-order valence-electron chi connectivity index (χ1n) is 10.2. The third-order valence-electron chi connectivity index (χ3n) is 5.35. The predicted octanol–water partition coefficient (Wildman–Crippen LogP) is 3.95. The van der Waals surface area contributed by atoms with E-state index in [2.05, 4.69) is 37.6 Å². The summed E-state index contributed by atoms with van der Waals surface area (Å²) in [5.41, 5.74) is 2.96. The van der Waals surface area contributed by atoms with Crippen LogP contribution in [-0.4, -0.2) is 42.3 Å². The highest BCUT2D eigenvalue weighted by molar-refractivity contribution is 5.67. The molecule has 2 fully saturated rings. The van der Waals surface area contributed by atoms with E-state index in [1.165, 1.54) is 24.6 Å². The molecule has 7 heteroatoms. The van der Waals surface area contributed by atoms with Crippen molar-refractivity contribution < 1.29 is 4.74 Å². The van der Waals surface area contributed by atoms with Gasteiger partial charge in [-0.1, -0.05) is 12.8 Å². The number of hydrogen-bond acceptors (Lipinski definition) is 7. The van der Waals surface area contributed by atoms with Gasteiger partial charge in [0.05, 0.1) is 19.3 Å². The molecule has 0 radical (unpaired) electrons. The van der Waals surface area contributed by atoms with Gasteiger partial charge in [-0.3, -0.25) is 0 Å². The van der Waals surface area contributed by atoms with Gasteiger partial charge in [-0.25, -0.2) is 4.98 Å². The molecule has 7 nitrogen and oxygen atoms in total. The van der Waals surface area contributed by atoms with Crippen molar-refractivity contribution in [2.24, 2.45) is 0 Å². The number of allylic oxidation sites excluding steroid dienone is 1.